The standard InChI is InChI=1S/C22H30N6O4/c1-24-20-19(21(30)25(2)22(24)31)28(15-23-20)14-17(29)13-27-10-8-26(9-11-27)12-16-4-6-18(32-3)7-5-16/h4-7,15,17,29H,8-14H2,1-3H3. The number of hydrogen-bond acceptors (Lipinski definition) is 7. The van der Waals surface area contributed by atoms with E-state index >= 15 is 0 Å². The summed E-state index contributed by atoms with van der Waals surface area (Å²) >= 11 is 0. The maximum absolute atomic E-state index is 12.6. The van der Waals surface area contributed by atoms with Gasteiger partial charge in [-0.25, -0.2) is 9.78 Å². The van der Waals surface area contributed by atoms with Crippen LogP contribution in [-0.4, -0.2) is 79.5 Å². The highest BCUT2D eigenvalue weighted by Crippen LogP contribution is 2.14. The first kappa shape index (κ1) is 22.3. The molecule has 2 aromatic heterocycles. The van der Waals surface area contributed by atoms with Crippen molar-refractivity contribution < 1.29 is 9.84 Å². The number of aryl methyl sites for hydroxylation is 1. The largest absolute Gasteiger partial charge is 0.497 e. The van der Waals surface area contributed by atoms with Crippen LogP contribution in [0.2, 0.25) is 0 Å². The van der Waals surface area contributed by atoms with Crippen molar-refractivity contribution in [3.8, 4) is 5.75 Å². The second-order valence-corrected chi connectivity index (χ2v) is 8.35. The van der Waals surface area contributed by atoms with Crippen LogP contribution in [-0.2, 0) is 27.2 Å². The summed E-state index contributed by atoms with van der Waals surface area (Å²) in [5, 5.41) is 10.7. The summed E-state index contributed by atoms with van der Waals surface area (Å²) in [6.45, 7) is 5.24. The zero-order valence-corrected chi connectivity index (χ0v) is 18.8. The van der Waals surface area contributed by atoms with Gasteiger partial charge in [-0.2, -0.15) is 0 Å². The second-order valence-electron chi connectivity index (χ2n) is 8.35. The number of imidazole rings is 1. The van der Waals surface area contributed by atoms with E-state index in [9.17, 15) is 14.7 Å². The highest BCUT2D eigenvalue weighted by molar-refractivity contribution is 5.69. The molecule has 1 N–H and O–H groups in total. The molecule has 1 aliphatic heterocycles. The van der Waals surface area contributed by atoms with Gasteiger partial charge in [0.1, 0.15) is 5.75 Å². The molecule has 0 radical (unpaired) electrons. The Morgan fingerprint density at radius 2 is 1.66 bits per heavy atom. The van der Waals surface area contributed by atoms with E-state index in [2.05, 4.69) is 26.9 Å². The van der Waals surface area contributed by atoms with Crippen LogP contribution in [0.5, 0.6) is 5.75 Å². The Bertz CT molecular complexity index is 1190. The number of fused-ring (bicyclic) bond motifs is 1. The van der Waals surface area contributed by atoms with E-state index in [1.807, 2.05) is 12.1 Å². The van der Waals surface area contributed by atoms with Crippen molar-refractivity contribution in [3.63, 3.8) is 0 Å². The fraction of sp³-hybridized carbons (Fsp3) is 0.500. The molecule has 4 rings (SSSR count). The van der Waals surface area contributed by atoms with Gasteiger partial charge in [-0.05, 0) is 17.7 Å². The van der Waals surface area contributed by atoms with Crippen molar-refractivity contribution >= 4 is 11.2 Å². The molecular formula is C22H30N6O4. The minimum Gasteiger partial charge on any atom is -0.497 e. The first-order valence-corrected chi connectivity index (χ1v) is 10.7. The van der Waals surface area contributed by atoms with Gasteiger partial charge in [0, 0.05) is 53.4 Å². The Morgan fingerprint density at radius 3 is 2.31 bits per heavy atom. The maximum atomic E-state index is 12.6. The molecule has 1 atom stereocenters. The molecule has 172 valence electrons. The highest BCUT2D eigenvalue weighted by Gasteiger charge is 2.21. The summed E-state index contributed by atoms with van der Waals surface area (Å²) in [6.07, 6.45) is 0.865. The lowest BCUT2D eigenvalue weighted by atomic mass is 10.2. The number of piperazine rings is 1. The number of aliphatic hydroxyl groups excluding tert-OH is 1. The van der Waals surface area contributed by atoms with Crippen molar-refractivity contribution in [1.82, 2.24) is 28.5 Å². The fourth-order valence-electron chi connectivity index (χ4n) is 4.24. The molecule has 1 aromatic carbocycles. The minimum atomic E-state index is -0.650. The van der Waals surface area contributed by atoms with E-state index in [0.29, 0.717) is 17.7 Å². The van der Waals surface area contributed by atoms with E-state index in [-0.39, 0.29) is 6.54 Å². The Hall–Kier alpha value is -2.95. The Morgan fingerprint density at radius 1 is 1.00 bits per heavy atom. The third kappa shape index (κ3) is 4.47. The average molecular weight is 443 g/mol. The number of rotatable bonds is 7. The number of methoxy groups -OCH3 is 1. The van der Waals surface area contributed by atoms with Crippen LogP contribution in [0.15, 0.2) is 40.2 Å². The molecule has 0 spiro atoms. The first-order valence-electron chi connectivity index (χ1n) is 10.7. The third-order valence-electron chi connectivity index (χ3n) is 6.12. The number of nitrogens with zero attached hydrogens (tertiary/aromatic N) is 6. The van der Waals surface area contributed by atoms with Gasteiger partial charge in [0.2, 0.25) is 0 Å². The van der Waals surface area contributed by atoms with E-state index in [0.717, 1.165) is 43.0 Å². The number of aromatic nitrogens is 4. The highest BCUT2D eigenvalue weighted by atomic mass is 16.5. The van der Waals surface area contributed by atoms with E-state index < -0.39 is 17.4 Å². The number of hydrogen-bond donors (Lipinski definition) is 1. The number of aliphatic hydroxyl groups is 1. The summed E-state index contributed by atoms with van der Waals surface area (Å²) in [6, 6.07) is 8.13. The zero-order chi connectivity index (χ0) is 22.8. The fourth-order valence-corrected chi connectivity index (χ4v) is 4.24. The molecule has 0 bridgehead atoms. The lowest BCUT2D eigenvalue weighted by Gasteiger charge is -2.35. The summed E-state index contributed by atoms with van der Waals surface area (Å²) < 4.78 is 9.27. The van der Waals surface area contributed by atoms with Gasteiger partial charge < -0.3 is 14.4 Å². The molecule has 1 fully saturated rings. The summed E-state index contributed by atoms with van der Waals surface area (Å²) in [4.78, 5) is 33.5. The quantitative estimate of drug-likeness (QED) is 0.533. The van der Waals surface area contributed by atoms with Crippen molar-refractivity contribution in [2.24, 2.45) is 14.1 Å². The predicted octanol–water partition coefficient (Wildman–Crippen LogP) is -0.379. The molecule has 3 aromatic rings. The van der Waals surface area contributed by atoms with Gasteiger partial charge in [0.05, 0.1) is 26.1 Å². The molecule has 32 heavy (non-hydrogen) atoms. The first-order chi connectivity index (χ1) is 15.4. The molecular weight excluding hydrogens is 412 g/mol. The zero-order valence-electron chi connectivity index (χ0n) is 18.8. The summed E-state index contributed by atoms with van der Waals surface area (Å²) in [5.41, 5.74) is 1.10. The van der Waals surface area contributed by atoms with Crippen LogP contribution < -0.4 is 16.0 Å². The van der Waals surface area contributed by atoms with Crippen molar-refractivity contribution in [3.05, 3.63) is 57.0 Å². The van der Waals surface area contributed by atoms with Gasteiger partial charge in [-0.1, -0.05) is 12.1 Å². The van der Waals surface area contributed by atoms with Crippen LogP contribution in [0.25, 0.3) is 11.2 Å². The van der Waals surface area contributed by atoms with Gasteiger partial charge in [-0.15, -0.1) is 0 Å². The van der Waals surface area contributed by atoms with Crippen LogP contribution in [0, 0.1) is 0 Å². The summed E-state index contributed by atoms with van der Waals surface area (Å²) in [5.74, 6) is 0.860. The smallest absolute Gasteiger partial charge is 0.332 e. The normalized spacial score (nSPS) is 16.5. The van der Waals surface area contributed by atoms with Crippen LogP contribution >= 0.6 is 0 Å². The number of β-amino-alcohol motifs (C(OH)–C–C–N with tert-alkyl or cyclic N) is 1. The van der Waals surface area contributed by atoms with Crippen LogP contribution in [0.1, 0.15) is 5.56 Å². The molecule has 1 saturated heterocycles. The Labute approximate surface area is 185 Å². The van der Waals surface area contributed by atoms with Crippen molar-refractivity contribution in [2.45, 2.75) is 19.2 Å². The van der Waals surface area contributed by atoms with Gasteiger partial charge in [0.15, 0.2) is 11.2 Å². The molecule has 10 heteroatoms. The maximum Gasteiger partial charge on any atom is 0.332 e. The number of benzene rings is 1. The molecule has 1 aliphatic rings. The van der Waals surface area contributed by atoms with E-state index in [1.54, 1.807) is 18.7 Å². The molecule has 1 unspecified atom stereocenters. The van der Waals surface area contributed by atoms with E-state index in [1.165, 1.54) is 23.5 Å². The SMILES string of the molecule is COc1ccc(CN2CCN(CC(O)Cn3cnc4c3c(=O)n(C)c(=O)n4C)CC2)cc1. The van der Waals surface area contributed by atoms with Gasteiger partial charge in [0.25, 0.3) is 5.56 Å². The minimum absolute atomic E-state index is 0.246. The molecule has 10 nitrogen and oxygen atoms in total. The second kappa shape index (κ2) is 9.27. The van der Waals surface area contributed by atoms with Crippen molar-refractivity contribution in [1.29, 1.82) is 0 Å². The number of ether oxygens (including phenoxy) is 1. The van der Waals surface area contributed by atoms with Gasteiger partial charge in [-0.3, -0.25) is 23.7 Å². The lowest BCUT2D eigenvalue weighted by molar-refractivity contribution is 0.0627. The topological polar surface area (TPSA) is 97.8 Å². The summed E-state index contributed by atoms with van der Waals surface area (Å²) in [7, 11) is 4.70. The molecule has 3 heterocycles. The molecule has 0 saturated carbocycles. The molecule has 0 amide bonds. The lowest BCUT2D eigenvalue weighted by Crippen LogP contribution is -2.48. The Kier molecular flexibility index (Phi) is 6.45. The predicted molar refractivity (Wildman–Crippen MR) is 121 cm³/mol. The monoisotopic (exact) mass is 442 g/mol. The van der Waals surface area contributed by atoms with Crippen molar-refractivity contribution in [2.75, 3.05) is 39.8 Å². The van der Waals surface area contributed by atoms with E-state index in [4.69, 9.17) is 4.74 Å². The molecule has 0 aliphatic carbocycles. The van der Waals surface area contributed by atoms with Crippen LogP contribution in [0.4, 0.5) is 0 Å². The van der Waals surface area contributed by atoms with Crippen LogP contribution in [0.3, 0.4) is 0 Å². The third-order valence-corrected chi connectivity index (χ3v) is 6.12. The average Bonchev–Trinajstić information content (AvgIpc) is 3.21. The Balaban J connectivity index is 1.33. The van der Waals surface area contributed by atoms with Gasteiger partial charge >= 0.3 is 5.69 Å².